The number of aromatic nitrogens is 2. The maximum absolute atomic E-state index is 12.0. The summed E-state index contributed by atoms with van der Waals surface area (Å²) < 4.78 is 35.9. The maximum Gasteiger partial charge on any atom is 0.421 e. The largest absolute Gasteiger partial charge is 0.421 e. The van der Waals surface area contributed by atoms with Crippen molar-refractivity contribution in [3.8, 4) is 0 Å². The molecular formula is C5H6F3N3. The van der Waals surface area contributed by atoms with E-state index < -0.39 is 11.7 Å². The Morgan fingerprint density at radius 1 is 1.55 bits per heavy atom. The predicted molar refractivity (Wildman–Crippen MR) is 33.1 cm³/mol. The van der Waals surface area contributed by atoms with E-state index in [1.807, 2.05) is 0 Å². The molecule has 0 amide bonds. The Kier molecular flexibility index (Phi) is 1.76. The minimum absolute atomic E-state index is 0.113. The summed E-state index contributed by atoms with van der Waals surface area (Å²) in [4.78, 5) is 0. The molecule has 3 nitrogen and oxygen atoms in total. The van der Waals surface area contributed by atoms with E-state index in [4.69, 9.17) is 0 Å². The van der Waals surface area contributed by atoms with Gasteiger partial charge in [-0.3, -0.25) is 5.10 Å². The van der Waals surface area contributed by atoms with Crippen LogP contribution in [-0.2, 0) is 6.18 Å². The van der Waals surface area contributed by atoms with E-state index in [2.05, 4.69) is 15.5 Å². The number of aromatic amines is 1. The molecule has 0 saturated carbocycles. The summed E-state index contributed by atoms with van der Waals surface area (Å²) in [5.41, 5.74) is -0.778. The van der Waals surface area contributed by atoms with Gasteiger partial charge in [-0.2, -0.15) is 18.3 Å². The molecule has 11 heavy (non-hydrogen) atoms. The minimum Gasteiger partial charge on any atom is -0.373 e. The molecule has 0 radical (unpaired) electrons. The summed E-state index contributed by atoms with van der Waals surface area (Å²) in [7, 11) is 1.39. The normalized spacial score (nSPS) is 11.6. The maximum atomic E-state index is 12.0. The van der Waals surface area contributed by atoms with Gasteiger partial charge in [0.2, 0.25) is 0 Å². The van der Waals surface area contributed by atoms with Gasteiger partial charge in [0.05, 0.1) is 6.20 Å². The minimum atomic E-state index is -4.34. The smallest absolute Gasteiger partial charge is 0.373 e. The second-order valence-corrected chi connectivity index (χ2v) is 1.91. The molecule has 0 aliphatic carbocycles. The highest BCUT2D eigenvalue weighted by molar-refractivity contribution is 5.43. The molecule has 1 aromatic heterocycles. The van der Waals surface area contributed by atoms with Gasteiger partial charge in [-0.1, -0.05) is 0 Å². The number of nitrogens with zero attached hydrogens (tertiary/aromatic N) is 1. The summed E-state index contributed by atoms with van der Waals surface area (Å²) in [6, 6.07) is 0. The van der Waals surface area contributed by atoms with E-state index in [1.165, 1.54) is 7.05 Å². The molecule has 62 valence electrons. The molecule has 1 rings (SSSR count). The van der Waals surface area contributed by atoms with Crippen molar-refractivity contribution in [2.24, 2.45) is 0 Å². The third-order valence-electron chi connectivity index (χ3n) is 1.19. The first-order valence-corrected chi connectivity index (χ1v) is 2.84. The number of rotatable bonds is 1. The monoisotopic (exact) mass is 165 g/mol. The molecule has 0 fully saturated rings. The Morgan fingerprint density at radius 2 is 2.18 bits per heavy atom. The fraction of sp³-hybridized carbons (Fsp3) is 0.400. The highest BCUT2D eigenvalue weighted by Crippen LogP contribution is 2.32. The third kappa shape index (κ3) is 1.44. The Balaban J connectivity index is 3.02. The molecule has 6 heteroatoms. The van der Waals surface area contributed by atoms with Crippen molar-refractivity contribution in [2.45, 2.75) is 6.18 Å². The molecule has 0 unspecified atom stereocenters. The van der Waals surface area contributed by atoms with Crippen LogP contribution in [0.4, 0.5) is 19.0 Å². The molecule has 0 aliphatic rings. The lowest BCUT2D eigenvalue weighted by Gasteiger charge is -2.04. The van der Waals surface area contributed by atoms with E-state index >= 15 is 0 Å². The molecular weight excluding hydrogens is 159 g/mol. The first kappa shape index (κ1) is 7.90. The van der Waals surface area contributed by atoms with Crippen LogP contribution in [0.25, 0.3) is 0 Å². The number of hydrogen-bond donors (Lipinski definition) is 2. The van der Waals surface area contributed by atoms with Crippen molar-refractivity contribution >= 4 is 5.82 Å². The van der Waals surface area contributed by atoms with E-state index in [0.29, 0.717) is 0 Å². The fourth-order valence-electron chi connectivity index (χ4n) is 0.692. The topological polar surface area (TPSA) is 40.7 Å². The van der Waals surface area contributed by atoms with E-state index in [0.717, 1.165) is 6.20 Å². The highest BCUT2D eigenvalue weighted by atomic mass is 19.4. The van der Waals surface area contributed by atoms with Gasteiger partial charge in [-0.05, 0) is 0 Å². The summed E-state index contributed by atoms with van der Waals surface area (Å²) in [5.74, 6) is -0.113. The number of nitrogens with one attached hydrogen (secondary N) is 2. The van der Waals surface area contributed by atoms with Crippen molar-refractivity contribution < 1.29 is 13.2 Å². The number of anilines is 1. The second kappa shape index (κ2) is 2.44. The van der Waals surface area contributed by atoms with Crippen LogP contribution < -0.4 is 5.32 Å². The fourth-order valence-corrected chi connectivity index (χ4v) is 0.692. The van der Waals surface area contributed by atoms with E-state index in [-0.39, 0.29) is 5.82 Å². The van der Waals surface area contributed by atoms with Gasteiger partial charge < -0.3 is 5.32 Å². The molecule has 0 spiro atoms. The molecule has 0 saturated heterocycles. The van der Waals surface area contributed by atoms with Gasteiger partial charge in [-0.25, -0.2) is 0 Å². The van der Waals surface area contributed by atoms with E-state index in [9.17, 15) is 13.2 Å². The number of alkyl halides is 3. The summed E-state index contributed by atoms with van der Waals surface area (Å²) in [6.45, 7) is 0. The Bertz CT molecular complexity index is 239. The molecule has 0 aromatic carbocycles. The van der Waals surface area contributed by atoms with Gasteiger partial charge >= 0.3 is 6.18 Å². The van der Waals surface area contributed by atoms with Crippen molar-refractivity contribution in [3.63, 3.8) is 0 Å². The standard InChI is InChI=1S/C5H6F3N3/c1-9-4-3(2-10-11-4)5(6,7)8/h2H,1H3,(H2,9,10,11). The lowest BCUT2D eigenvalue weighted by Crippen LogP contribution is -2.06. The van der Waals surface area contributed by atoms with Crippen molar-refractivity contribution in [2.75, 3.05) is 12.4 Å². The molecule has 0 atom stereocenters. The predicted octanol–water partition coefficient (Wildman–Crippen LogP) is 1.47. The van der Waals surface area contributed by atoms with Crippen LogP contribution in [0.2, 0.25) is 0 Å². The Labute approximate surface area is 60.6 Å². The quantitative estimate of drug-likeness (QED) is 0.661. The lowest BCUT2D eigenvalue weighted by atomic mass is 10.3. The van der Waals surface area contributed by atoms with Crippen LogP contribution in [0.5, 0.6) is 0 Å². The average molecular weight is 165 g/mol. The van der Waals surface area contributed by atoms with Gasteiger partial charge in [0.15, 0.2) is 0 Å². The Morgan fingerprint density at radius 3 is 2.55 bits per heavy atom. The van der Waals surface area contributed by atoms with Crippen LogP contribution in [0.3, 0.4) is 0 Å². The van der Waals surface area contributed by atoms with Gasteiger partial charge in [0.25, 0.3) is 0 Å². The molecule has 0 bridgehead atoms. The first-order chi connectivity index (χ1) is 5.05. The van der Waals surface area contributed by atoms with Gasteiger partial charge in [0.1, 0.15) is 11.4 Å². The van der Waals surface area contributed by atoms with Crippen LogP contribution >= 0.6 is 0 Å². The molecule has 1 aromatic rings. The van der Waals surface area contributed by atoms with Crippen molar-refractivity contribution in [3.05, 3.63) is 11.8 Å². The molecule has 1 heterocycles. The first-order valence-electron chi connectivity index (χ1n) is 2.84. The zero-order valence-corrected chi connectivity index (χ0v) is 5.66. The van der Waals surface area contributed by atoms with Crippen molar-refractivity contribution in [1.82, 2.24) is 10.2 Å². The number of halogens is 3. The van der Waals surface area contributed by atoms with E-state index in [1.54, 1.807) is 0 Å². The summed E-state index contributed by atoms with van der Waals surface area (Å²) in [5, 5.41) is 7.78. The zero-order valence-electron chi connectivity index (χ0n) is 5.66. The highest BCUT2D eigenvalue weighted by Gasteiger charge is 2.34. The van der Waals surface area contributed by atoms with Gasteiger partial charge in [-0.15, -0.1) is 0 Å². The van der Waals surface area contributed by atoms with Crippen LogP contribution in [-0.4, -0.2) is 17.2 Å². The van der Waals surface area contributed by atoms with Gasteiger partial charge in [0, 0.05) is 7.05 Å². The molecule has 0 aliphatic heterocycles. The summed E-state index contributed by atoms with van der Waals surface area (Å²) >= 11 is 0. The SMILES string of the molecule is CNc1[nH]ncc1C(F)(F)F. The van der Waals surface area contributed by atoms with Crippen LogP contribution in [0.15, 0.2) is 6.20 Å². The number of H-pyrrole nitrogens is 1. The second-order valence-electron chi connectivity index (χ2n) is 1.91. The molecule has 2 N–H and O–H groups in total. The summed E-state index contributed by atoms with van der Waals surface area (Å²) in [6.07, 6.45) is -3.60. The lowest BCUT2D eigenvalue weighted by molar-refractivity contribution is -0.136. The van der Waals surface area contributed by atoms with Crippen LogP contribution in [0, 0.1) is 0 Å². The van der Waals surface area contributed by atoms with Crippen molar-refractivity contribution in [1.29, 1.82) is 0 Å². The zero-order chi connectivity index (χ0) is 8.48. The average Bonchev–Trinajstić information content (AvgIpc) is 2.31. The van der Waals surface area contributed by atoms with Crippen LogP contribution in [0.1, 0.15) is 5.56 Å². The third-order valence-corrected chi connectivity index (χ3v) is 1.19. The number of hydrogen-bond acceptors (Lipinski definition) is 2. The Hall–Kier alpha value is -1.20.